The Morgan fingerprint density at radius 1 is 1.16 bits per heavy atom. The van der Waals surface area contributed by atoms with Crippen LogP contribution in [-0.2, 0) is 19.1 Å². The Morgan fingerprint density at radius 3 is 2.50 bits per heavy atom. The molecule has 166 valence electrons. The van der Waals surface area contributed by atoms with E-state index in [1.165, 1.54) is 0 Å². The van der Waals surface area contributed by atoms with Crippen LogP contribution < -0.4 is 4.74 Å². The van der Waals surface area contributed by atoms with E-state index in [-0.39, 0.29) is 17.0 Å². The van der Waals surface area contributed by atoms with Crippen molar-refractivity contribution in [3.63, 3.8) is 0 Å². The van der Waals surface area contributed by atoms with E-state index in [4.69, 9.17) is 14.2 Å². The van der Waals surface area contributed by atoms with Crippen molar-refractivity contribution in [2.45, 2.75) is 26.9 Å². The Hall–Kier alpha value is -3.11. The number of carbonyl (C=O) groups is 2. The summed E-state index contributed by atoms with van der Waals surface area (Å²) < 4.78 is 16.6. The minimum atomic E-state index is -1.07. The zero-order valence-corrected chi connectivity index (χ0v) is 19.7. The second-order valence-electron chi connectivity index (χ2n) is 7.99. The molecule has 3 atom stereocenters. The van der Waals surface area contributed by atoms with Gasteiger partial charge in [0.05, 0.1) is 17.0 Å². The molecule has 1 aliphatic carbocycles. The van der Waals surface area contributed by atoms with E-state index in [1.54, 1.807) is 37.3 Å². The number of nitriles is 1. The monoisotopic (exact) mass is 497 g/mol. The summed E-state index contributed by atoms with van der Waals surface area (Å²) >= 11 is 3.22. The second-order valence-corrected chi connectivity index (χ2v) is 8.85. The van der Waals surface area contributed by atoms with Gasteiger partial charge in [0.2, 0.25) is 6.10 Å². The molecule has 7 heteroatoms. The molecule has 0 radical (unpaired) electrons. The summed E-state index contributed by atoms with van der Waals surface area (Å²) in [5.74, 6) is -0.439. The van der Waals surface area contributed by atoms with Gasteiger partial charge in [0.15, 0.2) is 0 Å². The van der Waals surface area contributed by atoms with Gasteiger partial charge in [-0.15, -0.1) is 0 Å². The molecule has 0 bridgehead atoms. The molecule has 2 aromatic carbocycles. The molecular weight excluding hydrogens is 474 g/mol. The normalized spacial score (nSPS) is 19.9. The van der Waals surface area contributed by atoms with Crippen molar-refractivity contribution in [1.29, 1.82) is 5.26 Å². The van der Waals surface area contributed by atoms with Crippen LogP contribution in [0.15, 0.2) is 65.2 Å². The molecular formula is C25H24BrNO5. The summed E-state index contributed by atoms with van der Waals surface area (Å²) in [5.41, 5.74) is 0.119. The average Bonchev–Trinajstić information content (AvgIpc) is 3.32. The number of allylic oxidation sites excluding steroid dienone is 1. The molecule has 2 aromatic rings. The first kappa shape index (κ1) is 23.6. The Kier molecular flexibility index (Phi) is 7.37. The summed E-state index contributed by atoms with van der Waals surface area (Å²) in [4.78, 5) is 24.7. The third kappa shape index (κ3) is 5.38. The van der Waals surface area contributed by atoms with Gasteiger partial charge in [0.25, 0.3) is 0 Å². The first-order valence-electron chi connectivity index (χ1n) is 10.2. The van der Waals surface area contributed by atoms with Crippen LogP contribution >= 0.6 is 15.9 Å². The van der Waals surface area contributed by atoms with Gasteiger partial charge < -0.3 is 14.2 Å². The number of carbonyl (C=O) groups excluding carboxylic acids is 2. The Balaban J connectivity index is 1.70. The number of hydrogen-bond acceptors (Lipinski definition) is 6. The fourth-order valence-electron chi connectivity index (χ4n) is 3.59. The smallest absolute Gasteiger partial charge is 0.344 e. The molecule has 32 heavy (non-hydrogen) atoms. The van der Waals surface area contributed by atoms with Crippen molar-refractivity contribution in [3.8, 4) is 17.6 Å². The number of esters is 2. The quantitative estimate of drug-likeness (QED) is 0.343. The van der Waals surface area contributed by atoms with Crippen LogP contribution in [0.25, 0.3) is 0 Å². The predicted molar refractivity (Wildman–Crippen MR) is 122 cm³/mol. The van der Waals surface area contributed by atoms with Crippen LogP contribution in [0.5, 0.6) is 11.5 Å². The van der Waals surface area contributed by atoms with E-state index >= 15 is 0 Å². The van der Waals surface area contributed by atoms with Crippen LogP contribution in [0.1, 0.15) is 32.4 Å². The highest BCUT2D eigenvalue weighted by Crippen LogP contribution is 2.60. The lowest BCUT2D eigenvalue weighted by molar-refractivity contribution is -0.149. The number of halogens is 1. The molecule has 0 unspecified atom stereocenters. The van der Waals surface area contributed by atoms with Crippen LogP contribution in [0.4, 0.5) is 0 Å². The van der Waals surface area contributed by atoms with Crippen molar-refractivity contribution in [3.05, 3.63) is 70.7 Å². The first-order valence-corrected chi connectivity index (χ1v) is 11.0. The van der Waals surface area contributed by atoms with E-state index in [9.17, 15) is 14.9 Å². The highest BCUT2D eigenvalue weighted by atomic mass is 79.9. The van der Waals surface area contributed by atoms with Gasteiger partial charge >= 0.3 is 11.9 Å². The van der Waals surface area contributed by atoms with Crippen LogP contribution in [-0.4, -0.2) is 18.5 Å². The lowest BCUT2D eigenvalue weighted by Gasteiger charge is -2.13. The fraction of sp³-hybridized carbons (Fsp3) is 0.320. The minimum absolute atomic E-state index is 0.208. The fourth-order valence-corrected chi connectivity index (χ4v) is 3.99. The van der Waals surface area contributed by atoms with E-state index in [2.05, 4.69) is 15.9 Å². The number of hydrogen-bond donors (Lipinski definition) is 0. The van der Waals surface area contributed by atoms with Crippen molar-refractivity contribution < 1.29 is 23.8 Å². The summed E-state index contributed by atoms with van der Waals surface area (Å²) in [5, 5.41) is 9.64. The number of rotatable bonds is 8. The molecule has 1 fully saturated rings. The maximum absolute atomic E-state index is 12.9. The number of para-hydroxylation sites is 1. The number of benzene rings is 2. The van der Waals surface area contributed by atoms with Crippen molar-refractivity contribution in [1.82, 2.24) is 0 Å². The summed E-state index contributed by atoms with van der Waals surface area (Å²) in [6, 6.07) is 18.2. The topological polar surface area (TPSA) is 85.6 Å². The number of nitrogens with zero attached hydrogens (tertiary/aromatic N) is 1. The molecule has 0 spiro atoms. The second kappa shape index (κ2) is 10.0. The molecule has 3 rings (SSSR count). The van der Waals surface area contributed by atoms with E-state index in [0.717, 1.165) is 0 Å². The zero-order valence-electron chi connectivity index (χ0n) is 18.1. The average molecular weight is 498 g/mol. The molecule has 0 heterocycles. The lowest BCUT2D eigenvalue weighted by atomic mass is 10.1. The van der Waals surface area contributed by atoms with Crippen molar-refractivity contribution in [2.24, 2.45) is 17.3 Å². The van der Waals surface area contributed by atoms with Crippen LogP contribution in [0.2, 0.25) is 0 Å². The summed E-state index contributed by atoms with van der Waals surface area (Å²) in [6.07, 6.45) is 0.607. The molecule has 6 nitrogen and oxygen atoms in total. The third-order valence-corrected chi connectivity index (χ3v) is 6.04. The molecule has 1 saturated carbocycles. The highest BCUT2D eigenvalue weighted by molar-refractivity contribution is 9.12. The standard InChI is InChI=1S/C25H24BrNO5/c1-4-30-23(28)20(26)14-19-22(25(19,2)3)24(29)32-21(15-27)16-9-8-12-18(13-16)31-17-10-6-5-7-11-17/h5-14,19,21-22H,4H2,1-3H3/b20-14-/t19-,21+,22-/m0/s1. The minimum Gasteiger partial charge on any atom is -0.462 e. The third-order valence-electron chi connectivity index (χ3n) is 5.45. The van der Waals surface area contributed by atoms with Gasteiger partial charge in [0.1, 0.15) is 17.6 Å². The summed E-state index contributed by atoms with van der Waals surface area (Å²) in [7, 11) is 0. The Morgan fingerprint density at radius 2 is 1.84 bits per heavy atom. The first-order chi connectivity index (χ1) is 15.3. The van der Waals surface area contributed by atoms with Gasteiger partial charge in [-0.3, -0.25) is 4.79 Å². The van der Waals surface area contributed by atoms with Crippen molar-refractivity contribution >= 4 is 27.9 Å². The summed E-state index contributed by atoms with van der Waals surface area (Å²) in [6.45, 7) is 5.82. The molecule has 0 saturated heterocycles. The molecule has 0 aromatic heterocycles. The van der Waals surface area contributed by atoms with E-state index in [0.29, 0.717) is 17.1 Å². The van der Waals surface area contributed by atoms with Gasteiger partial charge in [-0.05, 0) is 58.5 Å². The molecule has 0 aliphatic heterocycles. The van der Waals surface area contributed by atoms with Gasteiger partial charge in [-0.1, -0.05) is 50.3 Å². The van der Waals surface area contributed by atoms with E-state index in [1.807, 2.05) is 50.2 Å². The number of ether oxygens (including phenoxy) is 3. The molecule has 1 aliphatic rings. The van der Waals surface area contributed by atoms with Crippen molar-refractivity contribution in [2.75, 3.05) is 6.61 Å². The zero-order chi connectivity index (χ0) is 23.3. The highest BCUT2D eigenvalue weighted by Gasteiger charge is 2.62. The predicted octanol–water partition coefficient (Wildman–Crippen LogP) is 5.70. The van der Waals surface area contributed by atoms with Gasteiger partial charge in [-0.25, -0.2) is 4.79 Å². The SMILES string of the molecule is CCOC(=O)/C(Br)=C/[C@H]1[C@@H](C(=O)O[C@H](C#N)c2cccc(Oc3ccccc3)c2)C1(C)C. The van der Waals surface area contributed by atoms with Gasteiger partial charge in [-0.2, -0.15) is 5.26 Å². The maximum Gasteiger partial charge on any atom is 0.344 e. The van der Waals surface area contributed by atoms with Gasteiger partial charge in [0, 0.05) is 5.56 Å². The van der Waals surface area contributed by atoms with E-state index < -0.39 is 29.4 Å². The molecule has 0 amide bonds. The largest absolute Gasteiger partial charge is 0.462 e. The molecule has 0 N–H and O–H groups in total. The van der Waals surface area contributed by atoms with Crippen LogP contribution in [0.3, 0.4) is 0 Å². The van der Waals surface area contributed by atoms with Crippen LogP contribution in [0, 0.1) is 28.6 Å². The Labute approximate surface area is 195 Å². The maximum atomic E-state index is 12.9. The lowest BCUT2D eigenvalue weighted by Crippen LogP contribution is -2.14. The Bertz CT molecular complexity index is 1060.